The summed E-state index contributed by atoms with van der Waals surface area (Å²) >= 11 is 5.82. The highest BCUT2D eigenvalue weighted by molar-refractivity contribution is 6.31. The lowest BCUT2D eigenvalue weighted by Crippen LogP contribution is -2.37. The SMILES string of the molecule is C/C=C/CN(C)C1CCC1.CC(=O)c1cnc2n1CCN(C=O)C2.CCc1ccccc1Cl.CO. The van der Waals surface area contributed by atoms with Gasteiger partial charge >= 0.3 is 0 Å². The molecule has 1 aliphatic carbocycles. The number of ketones is 1. The Morgan fingerprint density at radius 3 is 2.43 bits per heavy atom. The Bertz CT molecular complexity index is 925. The van der Waals surface area contributed by atoms with Crippen LogP contribution in [0, 0.1) is 0 Å². The third-order valence-electron chi connectivity index (χ3n) is 6.07. The number of likely N-dealkylation sites (N-methyl/N-ethyl adjacent to an activating group) is 1. The zero-order valence-corrected chi connectivity index (χ0v) is 22.5. The van der Waals surface area contributed by atoms with Gasteiger partial charge in [-0.1, -0.05) is 55.3 Å². The van der Waals surface area contributed by atoms with Crippen molar-refractivity contribution in [2.24, 2.45) is 0 Å². The first-order valence-corrected chi connectivity index (χ1v) is 12.5. The van der Waals surface area contributed by atoms with E-state index in [1.807, 2.05) is 28.8 Å². The summed E-state index contributed by atoms with van der Waals surface area (Å²) in [5.41, 5.74) is 1.85. The van der Waals surface area contributed by atoms with Crippen molar-refractivity contribution in [3.05, 3.63) is 64.7 Å². The number of hydrogen-bond acceptors (Lipinski definition) is 5. The molecule has 0 unspecified atom stereocenters. The second kappa shape index (κ2) is 17.0. The van der Waals surface area contributed by atoms with Crippen molar-refractivity contribution >= 4 is 23.8 Å². The second-order valence-corrected chi connectivity index (χ2v) is 8.79. The number of allylic oxidation sites excluding steroid dienone is 1. The van der Waals surface area contributed by atoms with E-state index in [-0.39, 0.29) is 5.78 Å². The lowest BCUT2D eigenvalue weighted by molar-refractivity contribution is -0.119. The van der Waals surface area contributed by atoms with Gasteiger partial charge in [-0.2, -0.15) is 0 Å². The molecule has 7 nitrogen and oxygen atoms in total. The van der Waals surface area contributed by atoms with Crippen LogP contribution in [0.1, 0.15) is 61.9 Å². The van der Waals surface area contributed by atoms with Crippen LogP contribution in [0.2, 0.25) is 5.02 Å². The second-order valence-electron chi connectivity index (χ2n) is 8.38. The van der Waals surface area contributed by atoms with Crippen molar-refractivity contribution in [2.45, 2.75) is 65.6 Å². The molecule has 1 N–H and O–H groups in total. The molecule has 1 aromatic heterocycles. The number of aliphatic hydroxyl groups excluding tert-OH is 1. The molecule has 0 radical (unpaired) electrons. The summed E-state index contributed by atoms with van der Waals surface area (Å²) < 4.78 is 1.88. The Hall–Kier alpha value is -2.48. The van der Waals surface area contributed by atoms with E-state index < -0.39 is 0 Å². The van der Waals surface area contributed by atoms with Crippen LogP contribution in [0.3, 0.4) is 0 Å². The van der Waals surface area contributed by atoms with E-state index in [0.717, 1.165) is 43.4 Å². The van der Waals surface area contributed by atoms with E-state index in [2.05, 4.69) is 42.9 Å². The molecule has 1 amide bonds. The van der Waals surface area contributed by atoms with Gasteiger partial charge in [0.1, 0.15) is 11.5 Å². The number of carbonyl (C=O) groups is 2. The fraction of sp³-hybridized carbons (Fsp3) is 0.519. The Balaban J connectivity index is 0.000000261. The molecule has 1 aliphatic heterocycles. The first kappa shape index (κ1) is 30.6. The summed E-state index contributed by atoms with van der Waals surface area (Å²) in [5.74, 6) is 0.803. The minimum atomic E-state index is 0.0169. The number of halogens is 1. The van der Waals surface area contributed by atoms with E-state index in [1.165, 1.54) is 31.7 Å². The quantitative estimate of drug-likeness (QED) is 0.353. The number of hydrogen-bond donors (Lipinski definition) is 1. The molecule has 1 saturated carbocycles. The first-order valence-electron chi connectivity index (χ1n) is 12.1. The molecule has 2 aromatic rings. The fourth-order valence-corrected chi connectivity index (χ4v) is 3.95. The predicted octanol–water partition coefficient (Wildman–Crippen LogP) is 4.62. The number of benzene rings is 1. The van der Waals surface area contributed by atoms with Gasteiger partial charge in [0.2, 0.25) is 6.41 Å². The standard InChI is InChI=1S/C9H11N3O2.C9H17N.C8H9Cl.CH4O/c1-7(14)8-4-10-9-5-11(6-13)2-3-12(8)9;1-3-4-8-10(2)9-6-5-7-9;1-2-7-5-3-4-6-8(7)9;1-2/h4,6H,2-3,5H2,1H3;3-4,9H,5-8H2,1-2H3;3-6H,2H2,1H3;2H,1H3/b;4-3+;;. The summed E-state index contributed by atoms with van der Waals surface area (Å²) in [7, 11) is 3.21. The maximum Gasteiger partial charge on any atom is 0.210 e. The van der Waals surface area contributed by atoms with Gasteiger partial charge in [-0.3, -0.25) is 14.5 Å². The van der Waals surface area contributed by atoms with E-state index in [4.69, 9.17) is 16.7 Å². The molecule has 0 spiro atoms. The van der Waals surface area contributed by atoms with Crippen molar-refractivity contribution in [3.8, 4) is 0 Å². The number of aryl methyl sites for hydroxylation is 1. The summed E-state index contributed by atoms with van der Waals surface area (Å²) in [6.45, 7) is 8.63. The van der Waals surface area contributed by atoms with Crippen LogP contribution in [0.25, 0.3) is 0 Å². The first-order chi connectivity index (χ1) is 16.9. The molecular weight excluding hydrogens is 464 g/mol. The van der Waals surface area contributed by atoms with Crippen LogP contribution in [0.15, 0.2) is 42.6 Å². The van der Waals surface area contributed by atoms with Crippen molar-refractivity contribution < 1.29 is 14.7 Å². The van der Waals surface area contributed by atoms with Crippen molar-refractivity contribution in [1.82, 2.24) is 19.4 Å². The molecule has 4 rings (SSSR count). The molecule has 1 fully saturated rings. The Morgan fingerprint density at radius 2 is 1.94 bits per heavy atom. The third-order valence-corrected chi connectivity index (χ3v) is 6.44. The van der Waals surface area contributed by atoms with Crippen LogP contribution >= 0.6 is 11.6 Å². The normalized spacial score (nSPS) is 14.5. The average molecular weight is 505 g/mol. The topological polar surface area (TPSA) is 78.7 Å². The molecule has 2 aliphatic rings. The molecule has 0 atom stereocenters. The molecule has 194 valence electrons. The van der Waals surface area contributed by atoms with Gasteiger partial charge in [0.05, 0.1) is 12.7 Å². The zero-order valence-electron chi connectivity index (χ0n) is 21.8. The number of imidazole rings is 1. The van der Waals surface area contributed by atoms with Crippen molar-refractivity contribution in [1.29, 1.82) is 0 Å². The van der Waals surface area contributed by atoms with E-state index >= 15 is 0 Å². The summed E-state index contributed by atoms with van der Waals surface area (Å²) in [6.07, 6.45) is 12.0. The number of aromatic nitrogens is 2. The van der Waals surface area contributed by atoms with Gasteiger partial charge in [0.25, 0.3) is 0 Å². The third kappa shape index (κ3) is 9.96. The number of amides is 1. The van der Waals surface area contributed by atoms with E-state index in [1.54, 1.807) is 11.1 Å². The van der Waals surface area contributed by atoms with E-state index in [0.29, 0.717) is 25.3 Å². The number of fused-ring (bicyclic) bond motifs is 1. The molecule has 2 heterocycles. The largest absolute Gasteiger partial charge is 0.400 e. The maximum atomic E-state index is 11.2. The Kier molecular flexibility index (Phi) is 14.9. The molecule has 0 saturated heterocycles. The molecular formula is C27H41ClN4O3. The van der Waals surface area contributed by atoms with Crippen LogP contribution in [0.4, 0.5) is 0 Å². The van der Waals surface area contributed by atoms with Gasteiger partial charge in [0.15, 0.2) is 5.78 Å². The van der Waals surface area contributed by atoms with Crippen LogP contribution in [0.5, 0.6) is 0 Å². The average Bonchev–Trinajstić information content (AvgIpc) is 3.27. The monoisotopic (exact) mass is 504 g/mol. The van der Waals surface area contributed by atoms with Gasteiger partial charge in [-0.15, -0.1) is 0 Å². The highest BCUT2D eigenvalue weighted by Crippen LogP contribution is 2.23. The highest BCUT2D eigenvalue weighted by atomic mass is 35.5. The van der Waals surface area contributed by atoms with E-state index in [9.17, 15) is 9.59 Å². The highest BCUT2D eigenvalue weighted by Gasteiger charge is 2.21. The summed E-state index contributed by atoms with van der Waals surface area (Å²) in [5, 5.41) is 7.88. The van der Waals surface area contributed by atoms with Crippen LogP contribution in [-0.4, -0.2) is 69.9 Å². The van der Waals surface area contributed by atoms with Crippen molar-refractivity contribution in [2.75, 3.05) is 27.2 Å². The van der Waals surface area contributed by atoms with Gasteiger partial charge in [0, 0.05) is 44.7 Å². The molecule has 35 heavy (non-hydrogen) atoms. The number of nitrogens with zero attached hydrogens (tertiary/aromatic N) is 4. The van der Waals surface area contributed by atoms with Gasteiger partial charge < -0.3 is 14.6 Å². The fourth-order valence-electron chi connectivity index (χ4n) is 3.68. The minimum Gasteiger partial charge on any atom is -0.400 e. The lowest BCUT2D eigenvalue weighted by atomic mass is 9.92. The van der Waals surface area contributed by atoms with Gasteiger partial charge in [-0.25, -0.2) is 4.98 Å². The molecule has 1 aromatic carbocycles. The Morgan fingerprint density at radius 1 is 1.26 bits per heavy atom. The summed E-state index contributed by atoms with van der Waals surface area (Å²) in [4.78, 5) is 29.9. The number of carbonyl (C=O) groups excluding carboxylic acids is 2. The molecule has 0 bridgehead atoms. The minimum absolute atomic E-state index is 0.0169. The zero-order chi connectivity index (χ0) is 26.2. The number of Topliss-reactive ketones (excluding diaryl/α,β-unsaturated/α-hetero) is 1. The number of rotatable bonds is 6. The van der Waals surface area contributed by atoms with Crippen LogP contribution in [-0.2, 0) is 24.3 Å². The predicted molar refractivity (Wildman–Crippen MR) is 143 cm³/mol. The molecule has 8 heteroatoms. The maximum absolute atomic E-state index is 11.2. The summed E-state index contributed by atoms with van der Waals surface area (Å²) in [6, 6.07) is 8.80. The van der Waals surface area contributed by atoms with Crippen LogP contribution < -0.4 is 0 Å². The number of aliphatic hydroxyl groups is 1. The lowest BCUT2D eigenvalue weighted by Gasteiger charge is -2.33. The van der Waals surface area contributed by atoms with Gasteiger partial charge in [-0.05, 0) is 44.9 Å². The smallest absolute Gasteiger partial charge is 0.210 e. The van der Waals surface area contributed by atoms with Crippen molar-refractivity contribution in [3.63, 3.8) is 0 Å². The Labute approximate surface area is 215 Å².